The first-order valence-corrected chi connectivity index (χ1v) is 8.54. The molecule has 1 aliphatic rings. The van der Waals surface area contributed by atoms with Gasteiger partial charge in [0.25, 0.3) is 0 Å². The lowest BCUT2D eigenvalue weighted by atomic mass is 10.1. The number of rotatable bonds is 4. The molecule has 5 heteroatoms. The number of sulfone groups is 1. The van der Waals surface area contributed by atoms with Gasteiger partial charge in [0.2, 0.25) is 9.84 Å². The van der Waals surface area contributed by atoms with Crippen molar-refractivity contribution in [3.05, 3.63) is 64.6 Å². The normalized spacial score (nSPS) is 15.3. The van der Waals surface area contributed by atoms with Crippen molar-refractivity contribution in [2.75, 3.05) is 6.61 Å². The second-order valence-corrected chi connectivity index (χ2v) is 6.97. The van der Waals surface area contributed by atoms with Crippen LogP contribution in [0.15, 0.2) is 52.8 Å². The highest BCUT2D eigenvalue weighted by Crippen LogP contribution is 2.36. The standard InChI is InChI=1S/C17H17NO3S/c1-12-5-2-3-8-16(12)21-10-14-11-22(19,20)17-13(9-18)6-4-7-15(14)17/h2-8,11H,9-10,18H2,1H3. The Morgan fingerprint density at radius 3 is 2.59 bits per heavy atom. The van der Waals surface area contributed by atoms with Gasteiger partial charge < -0.3 is 10.5 Å². The molecule has 2 aromatic rings. The quantitative estimate of drug-likeness (QED) is 0.941. The molecule has 2 N–H and O–H groups in total. The van der Waals surface area contributed by atoms with Gasteiger partial charge >= 0.3 is 0 Å². The molecule has 0 saturated carbocycles. The van der Waals surface area contributed by atoms with E-state index < -0.39 is 9.84 Å². The number of aryl methyl sites for hydroxylation is 1. The molecule has 0 aromatic heterocycles. The van der Waals surface area contributed by atoms with Crippen LogP contribution in [0.4, 0.5) is 0 Å². The smallest absolute Gasteiger partial charge is 0.201 e. The molecule has 0 aliphatic carbocycles. The molecule has 0 saturated heterocycles. The predicted molar refractivity (Wildman–Crippen MR) is 86.2 cm³/mol. The van der Waals surface area contributed by atoms with Crippen molar-refractivity contribution in [2.45, 2.75) is 18.4 Å². The summed E-state index contributed by atoms with van der Waals surface area (Å²) >= 11 is 0. The van der Waals surface area contributed by atoms with E-state index in [-0.39, 0.29) is 13.2 Å². The number of benzene rings is 2. The van der Waals surface area contributed by atoms with Crippen LogP contribution < -0.4 is 10.5 Å². The zero-order valence-corrected chi connectivity index (χ0v) is 13.1. The van der Waals surface area contributed by atoms with E-state index in [0.29, 0.717) is 21.6 Å². The van der Waals surface area contributed by atoms with Crippen molar-refractivity contribution in [1.82, 2.24) is 0 Å². The van der Waals surface area contributed by atoms with E-state index in [1.165, 1.54) is 5.41 Å². The summed E-state index contributed by atoms with van der Waals surface area (Å²) in [6, 6.07) is 13.0. The van der Waals surface area contributed by atoms with Gasteiger partial charge in [-0.25, -0.2) is 8.42 Å². The summed E-state index contributed by atoms with van der Waals surface area (Å²) in [5.74, 6) is 0.754. The average Bonchev–Trinajstić information content (AvgIpc) is 2.78. The van der Waals surface area contributed by atoms with E-state index in [1.807, 2.05) is 37.3 Å². The molecule has 0 spiro atoms. The lowest BCUT2D eigenvalue weighted by Gasteiger charge is -2.11. The summed E-state index contributed by atoms with van der Waals surface area (Å²) < 4.78 is 30.4. The molecule has 0 amide bonds. The monoisotopic (exact) mass is 315 g/mol. The molecule has 2 aromatic carbocycles. The molecule has 0 radical (unpaired) electrons. The molecule has 0 bridgehead atoms. The molecule has 114 valence electrons. The molecule has 0 atom stereocenters. The maximum atomic E-state index is 12.3. The molecule has 0 fully saturated rings. The third kappa shape index (κ3) is 2.53. The largest absolute Gasteiger partial charge is 0.489 e. The van der Waals surface area contributed by atoms with E-state index in [2.05, 4.69) is 0 Å². The lowest BCUT2D eigenvalue weighted by molar-refractivity contribution is 0.367. The fourth-order valence-corrected chi connectivity index (χ4v) is 4.34. The maximum absolute atomic E-state index is 12.3. The average molecular weight is 315 g/mol. The first-order chi connectivity index (χ1) is 10.5. The highest BCUT2D eigenvalue weighted by atomic mass is 32.2. The molecule has 0 unspecified atom stereocenters. The highest BCUT2D eigenvalue weighted by Gasteiger charge is 2.29. The van der Waals surface area contributed by atoms with Gasteiger partial charge in [0, 0.05) is 23.1 Å². The number of para-hydroxylation sites is 1. The Morgan fingerprint density at radius 2 is 1.86 bits per heavy atom. The number of nitrogens with two attached hydrogens (primary N) is 1. The number of hydrogen-bond donors (Lipinski definition) is 1. The van der Waals surface area contributed by atoms with Crippen LogP contribution >= 0.6 is 0 Å². The first-order valence-electron chi connectivity index (χ1n) is 6.99. The number of hydrogen-bond acceptors (Lipinski definition) is 4. The van der Waals surface area contributed by atoms with Crippen molar-refractivity contribution < 1.29 is 13.2 Å². The zero-order valence-electron chi connectivity index (χ0n) is 12.2. The van der Waals surface area contributed by atoms with Gasteiger partial charge in [-0.3, -0.25) is 0 Å². The van der Waals surface area contributed by atoms with Crippen molar-refractivity contribution in [1.29, 1.82) is 0 Å². The minimum Gasteiger partial charge on any atom is -0.489 e. The Bertz CT molecular complexity index is 854. The van der Waals surface area contributed by atoms with Crippen LogP contribution in [-0.4, -0.2) is 15.0 Å². The maximum Gasteiger partial charge on any atom is 0.201 e. The van der Waals surface area contributed by atoms with Crippen LogP contribution in [0.3, 0.4) is 0 Å². The lowest BCUT2D eigenvalue weighted by Crippen LogP contribution is -2.05. The van der Waals surface area contributed by atoms with Gasteiger partial charge in [-0.05, 0) is 24.1 Å². The van der Waals surface area contributed by atoms with Crippen LogP contribution in [0.25, 0.3) is 5.57 Å². The summed E-state index contributed by atoms with van der Waals surface area (Å²) in [7, 11) is -3.43. The van der Waals surface area contributed by atoms with Gasteiger partial charge in [-0.15, -0.1) is 0 Å². The van der Waals surface area contributed by atoms with Crippen molar-refractivity contribution in [3.8, 4) is 5.75 Å². The number of fused-ring (bicyclic) bond motifs is 1. The molecule has 3 rings (SSSR count). The minimum atomic E-state index is -3.43. The third-order valence-electron chi connectivity index (χ3n) is 3.72. The fraction of sp³-hybridized carbons (Fsp3) is 0.176. The summed E-state index contributed by atoms with van der Waals surface area (Å²) in [6.07, 6.45) is 0. The Hall–Kier alpha value is -2.11. The van der Waals surface area contributed by atoms with Crippen LogP contribution in [0.2, 0.25) is 0 Å². The van der Waals surface area contributed by atoms with Crippen molar-refractivity contribution in [3.63, 3.8) is 0 Å². The molecular weight excluding hydrogens is 298 g/mol. The Balaban J connectivity index is 1.93. The Labute approximate surface area is 130 Å². The van der Waals surface area contributed by atoms with E-state index in [1.54, 1.807) is 12.1 Å². The molecule has 1 heterocycles. The van der Waals surface area contributed by atoms with Crippen LogP contribution in [-0.2, 0) is 16.4 Å². The topological polar surface area (TPSA) is 69.4 Å². The Kier molecular flexibility index (Phi) is 3.76. The summed E-state index contributed by atoms with van der Waals surface area (Å²) in [5, 5.41) is 1.29. The number of ether oxygens (including phenoxy) is 1. The van der Waals surface area contributed by atoms with Gasteiger partial charge in [0.1, 0.15) is 12.4 Å². The zero-order chi connectivity index (χ0) is 15.7. The Morgan fingerprint density at radius 1 is 1.09 bits per heavy atom. The summed E-state index contributed by atoms with van der Waals surface area (Å²) in [6.45, 7) is 2.36. The molecule has 4 nitrogen and oxygen atoms in total. The summed E-state index contributed by atoms with van der Waals surface area (Å²) in [5.41, 5.74) is 8.66. The van der Waals surface area contributed by atoms with Gasteiger partial charge in [0.05, 0.1) is 4.90 Å². The van der Waals surface area contributed by atoms with Crippen LogP contribution in [0, 0.1) is 6.92 Å². The van der Waals surface area contributed by atoms with Crippen molar-refractivity contribution in [2.24, 2.45) is 5.73 Å². The summed E-state index contributed by atoms with van der Waals surface area (Å²) in [4.78, 5) is 0.320. The van der Waals surface area contributed by atoms with Gasteiger partial charge in [-0.1, -0.05) is 36.4 Å². The fourth-order valence-electron chi connectivity index (χ4n) is 2.63. The molecule has 22 heavy (non-hydrogen) atoms. The minimum absolute atomic E-state index is 0.197. The molecule has 1 aliphatic heterocycles. The van der Waals surface area contributed by atoms with Crippen molar-refractivity contribution >= 4 is 15.4 Å². The van der Waals surface area contributed by atoms with Gasteiger partial charge in [-0.2, -0.15) is 0 Å². The van der Waals surface area contributed by atoms with Crippen LogP contribution in [0.5, 0.6) is 5.75 Å². The van der Waals surface area contributed by atoms with E-state index in [9.17, 15) is 8.42 Å². The highest BCUT2D eigenvalue weighted by molar-refractivity contribution is 7.95. The van der Waals surface area contributed by atoms with E-state index in [0.717, 1.165) is 11.3 Å². The van der Waals surface area contributed by atoms with Crippen LogP contribution in [0.1, 0.15) is 16.7 Å². The second-order valence-electron chi connectivity index (χ2n) is 5.24. The first kappa shape index (κ1) is 14.8. The van der Waals surface area contributed by atoms with Gasteiger partial charge in [0.15, 0.2) is 0 Å². The third-order valence-corrected chi connectivity index (χ3v) is 5.37. The predicted octanol–water partition coefficient (Wildman–Crippen LogP) is 2.66. The molecular formula is C17H17NO3S. The van der Waals surface area contributed by atoms with E-state index in [4.69, 9.17) is 10.5 Å². The second kappa shape index (κ2) is 5.59. The van der Waals surface area contributed by atoms with E-state index >= 15 is 0 Å². The SMILES string of the molecule is Cc1ccccc1OCC1=CS(=O)(=O)c2c(CN)cccc21.